The molecule has 0 unspecified atom stereocenters. The van der Waals surface area contributed by atoms with Crippen molar-refractivity contribution in [1.29, 1.82) is 0 Å². The molecule has 0 saturated carbocycles. The molecule has 1 aliphatic heterocycles. The lowest BCUT2D eigenvalue weighted by Gasteiger charge is -2.15. The van der Waals surface area contributed by atoms with Crippen molar-refractivity contribution in [2.45, 2.75) is 19.4 Å². The van der Waals surface area contributed by atoms with Crippen molar-refractivity contribution < 1.29 is 4.74 Å². The second kappa shape index (κ2) is 8.67. The Balaban J connectivity index is 1.41. The lowest BCUT2D eigenvalue weighted by molar-refractivity contribution is 0.328. The van der Waals surface area contributed by atoms with Crippen LogP contribution in [0, 0.1) is 0 Å². The van der Waals surface area contributed by atoms with Crippen LogP contribution in [0.15, 0.2) is 46.0 Å². The van der Waals surface area contributed by atoms with Gasteiger partial charge in [-0.15, -0.1) is 0 Å². The fourth-order valence-corrected chi connectivity index (χ4v) is 3.19. The minimum absolute atomic E-state index is 0.356. The van der Waals surface area contributed by atoms with Crippen molar-refractivity contribution in [2.75, 3.05) is 43.9 Å². The second-order valence-electron chi connectivity index (χ2n) is 6.45. The topological polar surface area (TPSA) is 70.7 Å². The van der Waals surface area contributed by atoms with Crippen LogP contribution in [0.5, 0.6) is 5.75 Å². The highest BCUT2D eigenvalue weighted by molar-refractivity contribution is 5.73. The summed E-state index contributed by atoms with van der Waals surface area (Å²) < 4.78 is 5.76. The van der Waals surface area contributed by atoms with Gasteiger partial charge in [-0.3, -0.25) is 14.5 Å². The Labute approximate surface area is 153 Å². The third-order valence-electron chi connectivity index (χ3n) is 4.57. The highest BCUT2D eigenvalue weighted by Crippen LogP contribution is 2.17. The van der Waals surface area contributed by atoms with Gasteiger partial charge in [-0.2, -0.15) is 0 Å². The van der Waals surface area contributed by atoms with Gasteiger partial charge >= 0.3 is 0 Å². The van der Waals surface area contributed by atoms with Crippen LogP contribution in [-0.4, -0.2) is 38.2 Å². The van der Waals surface area contributed by atoms with Gasteiger partial charge in [0.1, 0.15) is 23.7 Å². The summed E-state index contributed by atoms with van der Waals surface area (Å²) in [6, 6.07) is 8.21. The zero-order chi connectivity index (χ0) is 18.4. The average Bonchev–Trinajstić information content (AvgIpc) is 3.16. The van der Waals surface area contributed by atoms with Crippen LogP contribution in [0.25, 0.3) is 0 Å². The summed E-state index contributed by atoms with van der Waals surface area (Å²) >= 11 is 0. The van der Waals surface area contributed by atoms with E-state index in [0.717, 1.165) is 12.3 Å². The van der Waals surface area contributed by atoms with Crippen LogP contribution in [0.4, 0.5) is 11.4 Å². The monoisotopic (exact) mass is 355 g/mol. The van der Waals surface area contributed by atoms with Gasteiger partial charge in [0.05, 0.1) is 0 Å². The molecule has 1 fully saturated rings. The van der Waals surface area contributed by atoms with Crippen LogP contribution in [0.2, 0.25) is 0 Å². The first-order valence-corrected chi connectivity index (χ1v) is 9.03. The van der Waals surface area contributed by atoms with E-state index < -0.39 is 10.9 Å². The summed E-state index contributed by atoms with van der Waals surface area (Å²) in [5, 5.41) is 5.68. The molecule has 0 aliphatic carbocycles. The Bertz CT molecular complexity index is 831. The van der Waals surface area contributed by atoms with E-state index in [9.17, 15) is 9.59 Å². The summed E-state index contributed by atoms with van der Waals surface area (Å²) in [5.74, 6) is 0.860. The van der Waals surface area contributed by atoms with Crippen molar-refractivity contribution in [1.82, 2.24) is 4.90 Å². The van der Waals surface area contributed by atoms with Crippen molar-refractivity contribution in [3.05, 3.63) is 62.4 Å². The summed E-state index contributed by atoms with van der Waals surface area (Å²) in [6.07, 6.45) is 6.36. The number of likely N-dealkylation sites (tertiary alicyclic amines) is 1. The Kier molecular flexibility index (Phi) is 6.07. The summed E-state index contributed by atoms with van der Waals surface area (Å²) in [4.78, 5) is 25.2. The van der Waals surface area contributed by atoms with Gasteiger partial charge in [-0.25, -0.2) is 0 Å². The Hall–Kier alpha value is -2.60. The fourth-order valence-electron chi connectivity index (χ4n) is 3.19. The van der Waals surface area contributed by atoms with E-state index in [-0.39, 0.29) is 0 Å². The molecule has 0 amide bonds. The number of nitrogens with zero attached hydrogens (tertiary/aromatic N) is 1. The van der Waals surface area contributed by atoms with Crippen molar-refractivity contribution in [3.8, 4) is 5.75 Å². The number of nitrogens with one attached hydrogen (secondary N) is 2. The Morgan fingerprint density at radius 3 is 2.65 bits per heavy atom. The maximum Gasteiger partial charge on any atom is 0.253 e. The van der Waals surface area contributed by atoms with Crippen LogP contribution >= 0.6 is 0 Å². The lowest BCUT2D eigenvalue weighted by atomic mass is 10.2. The van der Waals surface area contributed by atoms with Crippen molar-refractivity contribution in [3.63, 3.8) is 0 Å². The van der Waals surface area contributed by atoms with E-state index in [2.05, 4.69) is 27.7 Å². The molecule has 3 rings (SSSR count). The standard InChI is InChI=1S/C20H25N3O3/c1-21-17-18(20(25)19(17)24)22-9-2-5-12-26-16-8-6-7-15(13-16)14-23-10-3-4-11-23/h2,5-8,13,21-22H,3-4,9-12,14H2,1H3/b5-2-. The van der Waals surface area contributed by atoms with Crippen LogP contribution in [0.3, 0.4) is 0 Å². The molecule has 138 valence electrons. The van der Waals surface area contributed by atoms with Gasteiger partial charge in [0.25, 0.3) is 10.9 Å². The summed E-state index contributed by atoms with van der Waals surface area (Å²) in [7, 11) is 1.63. The van der Waals surface area contributed by atoms with E-state index in [0.29, 0.717) is 24.5 Å². The normalized spacial score (nSPS) is 15.0. The van der Waals surface area contributed by atoms with E-state index in [1.165, 1.54) is 31.5 Å². The molecule has 0 aromatic heterocycles. The van der Waals surface area contributed by atoms with Crippen LogP contribution in [0.1, 0.15) is 18.4 Å². The van der Waals surface area contributed by atoms with E-state index in [1.807, 2.05) is 24.3 Å². The molecule has 0 bridgehead atoms. The predicted molar refractivity (Wildman–Crippen MR) is 105 cm³/mol. The third kappa shape index (κ3) is 4.32. The van der Waals surface area contributed by atoms with Crippen LogP contribution in [-0.2, 0) is 6.54 Å². The smallest absolute Gasteiger partial charge is 0.253 e. The van der Waals surface area contributed by atoms with Gasteiger partial charge in [-0.1, -0.05) is 18.2 Å². The molecule has 0 spiro atoms. The van der Waals surface area contributed by atoms with Gasteiger partial charge in [0.15, 0.2) is 0 Å². The third-order valence-corrected chi connectivity index (χ3v) is 4.57. The summed E-state index contributed by atoms with van der Waals surface area (Å²) in [5.41, 5.74) is 1.06. The fraction of sp³-hybridized carbons (Fsp3) is 0.400. The van der Waals surface area contributed by atoms with E-state index in [1.54, 1.807) is 7.05 Å². The Morgan fingerprint density at radius 2 is 1.88 bits per heavy atom. The minimum Gasteiger partial charge on any atom is -0.490 e. The number of benzene rings is 1. The summed E-state index contributed by atoms with van der Waals surface area (Å²) in [6.45, 7) is 4.27. The largest absolute Gasteiger partial charge is 0.490 e. The zero-order valence-corrected chi connectivity index (χ0v) is 15.1. The Morgan fingerprint density at radius 1 is 1.12 bits per heavy atom. The SMILES string of the molecule is CNc1c(NC/C=C\COc2cccc(CN3CCCC3)c2)c(=O)c1=O. The predicted octanol–water partition coefficient (Wildman–Crippen LogP) is 1.97. The number of hydrogen-bond donors (Lipinski definition) is 2. The molecular weight excluding hydrogens is 330 g/mol. The van der Waals surface area contributed by atoms with Gasteiger partial charge in [-0.05, 0) is 49.7 Å². The lowest BCUT2D eigenvalue weighted by Crippen LogP contribution is -2.36. The van der Waals surface area contributed by atoms with Gasteiger partial charge in [0, 0.05) is 20.1 Å². The first-order chi connectivity index (χ1) is 12.7. The van der Waals surface area contributed by atoms with Crippen molar-refractivity contribution >= 4 is 11.4 Å². The molecule has 1 saturated heterocycles. The minimum atomic E-state index is -0.464. The molecular formula is C20H25N3O3. The number of anilines is 2. The number of hydrogen-bond acceptors (Lipinski definition) is 6. The number of ether oxygens (including phenoxy) is 1. The maximum absolute atomic E-state index is 11.4. The molecule has 6 heteroatoms. The molecule has 2 aromatic carbocycles. The molecule has 0 atom stereocenters. The van der Waals surface area contributed by atoms with Crippen LogP contribution < -0.4 is 26.2 Å². The molecule has 6 nitrogen and oxygen atoms in total. The van der Waals surface area contributed by atoms with E-state index >= 15 is 0 Å². The zero-order valence-electron chi connectivity index (χ0n) is 15.1. The highest BCUT2D eigenvalue weighted by Gasteiger charge is 2.18. The second-order valence-corrected chi connectivity index (χ2v) is 6.45. The molecule has 26 heavy (non-hydrogen) atoms. The van der Waals surface area contributed by atoms with E-state index in [4.69, 9.17) is 4.74 Å². The molecule has 1 aliphatic rings. The maximum atomic E-state index is 11.4. The highest BCUT2D eigenvalue weighted by atomic mass is 16.5. The average molecular weight is 355 g/mol. The molecule has 0 radical (unpaired) electrons. The molecule has 2 N–H and O–H groups in total. The quantitative estimate of drug-likeness (QED) is 0.529. The van der Waals surface area contributed by atoms with Gasteiger partial charge in [0.2, 0.25) is 0 Å². The first-order valence-electron chi connectivity index (χ1n) is 9.03. The molecule has 1 heterocycles. The van der Waals surface area contributed by atoms with Crippen molar-refractivity contribution in [2.24, 2.45) is 0 Å². The first kappa shape index (κ1) is 18.2. The number of rotatable bonds is 9. The molecule has 2 aromatic rings. The van der Waals surface area contributed by atoms with Gasteiger partial charge < -0.3 is 15.4 Å².